The topological polar surface area (TPSA) is 17.8 Å². The molecule has 0 aliphatic carbocycles. The van der Waals surface area contributed by atoms with Crippen molar-refractivity contribution < 1.29 is 13.2 Å². The van der Waals surface area contributed by atoms with Crippen LogP contribution in [0.15, 0.2) is 24.4 Å². The molecule has 1 aromatic carbocycles. The van der Waals surface area contributed by atoms with E-state index in [2.05, 4.69) is 5.10 Å². The smallest absolute Gasteiger partial charge is 0.267 e. The number of benzene rings is 1. The van der Waals surface area contributed by atoms with Crippen LogP contribution in [0.4, 0.5) is 13.2 Å². The van der Waals surface area contributed by atoms with E-state index in [-0.39, 0.29) is 11.3 Å². The maximum absolute atomic E-state index is 13.2. The van der Waals surface area contributed by atoms with E-state index in [1.807, 2.05) is 0 Å². The van der Waals surface area contributed by atoms with Crippen LogP contribution in [0.2, 0.25) is 0 Å². The predicted octanol–water partition coefficient (Wildman–Crippen LogP) is 3.47. The standard InChI is InChI=1S/C12H11F3N2/c1-7-3-4-8(13)5-9(7)11-10(12(14)15)6-17(2)16-11/h3-6,12H,1-2H3. The van der Waals surface area contributed by atoms with Gasteiger partial charge in [0, 0.05) is 18.8 Å². The molecule has 0 spiro atoms. The molecule has 90 valence electrons. The highest BCUT2D eigenvalue weighted by Crippen LogP contribution is 2.31. The summed E-state index contributed by atoms with van der Waals surface area (Å²) in [5.41, 5.74) is 1.08. The van der Waals surface area contributed by atoms with Gasteiger partial charge in [-0.1, -0.05) is 6.07 Å². The molecule has 0 N–H and O–H groups in total. The normalized spacial score (nSPS) is 11.2. The molecule has 0 unspecified atom stereocenters. The fraction of sp³-hybridized carbons (Fsp3) is 0.250. The fourth-order valence-corrected chi connectivity index (χ4v) is 1.73. The van der Waals surface area contributed by atoms with E-state index in [9.17, 15) is 13.2 Å². The Morgan fingerprint density at radius 1 is 1.29 bits per heavy atom. The Labute approximate surface area is 96.7 Å². The van der Waals surface area contributed by atoms with Gasteiger partial charge in [-0.2, -0.15) is 5.10 Å². The number of hydrogen-bond acceptors (Lipinski definition) is 1. The van der Waals surface area contributed by atoms with E-state index in [1.54, 1.807) is 20.0 Å². The van der Waals surface area contributed by atoms with Crippen molar-refractivity contribution in [2.24, 2.45) is 7.05 Å². The Balaban J connectivity index is 2.63. The Morgan fingerprint density at radius 2 is 2.00 bits per heavy atom. The van der Waals surface area contributed by atoms with Crippen molar-refractivity contribution in [3.05, 3.63) is 41.3 Å². The average Bonchev–Trinajstić information content (AvgIpc) is 2.64. The Morgan fingerprint density at radius 3 is 2.65 bits per heavy atom. The summed E-state index contributed by atoms with van der Waals surface area (Å²) in [6.07, 6.45) is -1.37. The molecule has 0 saturated carbocycles. The second kappa shape index (κ2) is 4.24. The third-order valence-electron chi connectivity index (χ3n) is 2.55. The number of halogens is 3. The largest absolute Gasteiger partial charge is 0.275 e. The summed E-state index contributed by atoms with van der Waals surface area (Å²) in [6, 6.07) is 4.07. The molecule has 1 aromatic heterocycles. The highest BCUT2D eigenvalue weighted by molar-refractivity contribution is 5.66. The first kappa shape index (κ1) is 11.7. The SMILES string of the molecule is Cc1ccc(F)cc1-c1nn(C)cc1C(F)F. The van der Waals surface area contributed by atoms with Gasteiger partial charge >= 0.3 is 0 Å². The van der Waals surface area contributed by atoms with Gasteiger partial charge in [0.1, 0.15) is 11.5 Å². The summed E-state index contributed by atoms with van der Waals surface area (Å²) in [4.78, 5) is 0. The molecule has 2 nitrogen and oxygen atoms in total. The number of rotatable bonds is 2. The molecule has 0 aliphatic heterocycles. The first-order chi connectivity index (χ1) is 7.99. The van der Waals surface area contributed by atoms with Crippen LogP contribution in [0.25, 0.3) is 11.3 Å². The minimum atomic E-state index is -2.62. The molecule has 0 amide bonds. The van der Waals surface area contributed by atoms with E-state index in [0.29, 0.717) is 11.1 Å². The van der Waals surface area contributed by atoms with Gasteiger partial charge in [-0.15, -0.1) is 0 Å². The summed E-state index contributed by atoms with van der Waals surface area (Å²) in [7, 11) is 1.56. The van der Waals surface area contributed by atoms with Crippen molar-refractivity contribution in [2.75, 3.05) is 0 Å². The van der Waals surface area contributed by atoms with Crippen LogP contribution in [-0.4, -0.2) is 9.78 Å². The number of nitrogens with zero attached hydrogens (tertiary/aromatic N) is 2. The van der Waals surface area contributed by atoms with E-state index in [4.69, 9.17) is 0 Å². The van der Waals surface area contributed by atoms with Crippen LogP contribution in [0.3, 0.4) is 0 Å². The second-order valence-corrected chi connectivity index (χ2v) is 3.87. The molecule has 2 aromatic rings. The molecule has 2 rings (SSSR count). The van der Waals surface area contributed by atoms with Crippen molar-refractivity contribution in [1.29, 1.82) is 0 Å². The lowest BCUT2D eigenvalue weighted by Gasteiger charge is -2.05. The van der Waals surface area contributed by atoms with Gasteiger partial charge in [0.2, 0.25) is 0 Å². The van der Waals surface area contributed by atoms with Crippen LogP contribution in [0.1, 0.15) is 17.6 Å². The Hall–Kier alpha value is -1.78. The molecule has 0 aliphatic rings. The molecule has 0 bridgehead atoms. The number of aryl methyl sites for hydroxylation is 2. The third-order valence-corrected chi connectivity index (χ3v) is 2.55. The van der Waals surface area contributed by atoms with Gasteiger partial charge < -0.3 is 0 Å². The lowest BCUT2D eigenvalue weighted by Crippen LogP contribution is -1.92. The molecular weight excluding hydrogens is 229 g/mol. The Bertz CT molecular complexity index is 547. The average molecular weight is 240 g/mol. The fourth-order valence-electron chi connectivity index (χ4n) is 1.73. The summed E-state index contributed by atoms with van der Waals surface area (Å²) < 4.78 is 40.1. The predicted molar refractivity (Wildman–Crippen MR) is 58.3 cm³/mol. The lowest BCUT2D eigenvalue weighted by atomic mass is 10.0. The monoisotopic (exact) mass is 240 g/mol. The quantitative estimate of drug-likeness (QED) is 0.785. The maximum atomic E-state index is 13.2. The van der Waals surface area contributed by atoms with Crippen molar-refractivity contribution in [1.82, 2.24) is 9.78 Å². The molecule has 1 heterocycles. The number of alkyl halides is 2. The van der Waals surface area contributed by atoms with Crippen molar-refractivity contribution in [2.45, 2.75) is 13.3 Å². The molecule has 0 fully saturated rings. The summed E-state index contributed by atoms with van der Waals surface area (Å²) in [5, 5.41) is 3.97. The minimum Gasteiger partial charge on any atom is -0.275 e. The zero-order valence-corrected chi connectivity index (χ0v) is 9.42. The van der Waals surface area contributed by atoms with E-state index >= 15 is 0 Å². The number of aromatic nitrogens is 2. The molecule has 0 radical (unpaired) electrons. The van der Waals surface area contributed by atoms with Gasteiger partial charge in [0.25, 0.3) is 6.43 Å². The molecule has 5 heteroatoms. The lowest BCUT2D eigenvalue weighted by molar-refractivity contribution is 0.152. The van der Waals surface area contributed by atoms with E-state index in [1.165, 1.54) is 23.0 Å². The van der Waals surface area contributed by atoms with Gasteiger partial charge in [-0.3, -0.25) is 4.68 Å². The second-order valence-electron chi connectivity index (χ2n) is 3.87. The highest BCUT2D eigenvalue weighted by Gasteiger charge is 2.19. The number of hydrogen-bond donors (Lipinski definition) is 0. The van der Waals surface area contributed by atoms with E-state index < -0.39 is 12.2 Å². The molecular formula is C12H11F3N2. The molecule has 17 heavy (non-hydrogen) atoms. The summed E-state index contributed by atoms with van der Waals surface area (Å²) in [6.45, 7) is 1.73. The van der Waals surface area contributed by atoms with Crippen molar-refractivity contribution in [3.63, 3.8) is 0 Å². The van der Waals surface area contributed by atoms with Crippen LogP contribution >= 0.6 is 0 Å². The van der Waals surface area contributed by atoms with Gasteiger partial charge in [-0.05, 0) is 24.6 Å². The van der Waals surface area contributed by atoms with Gasteiger partial charge in [-0.25, -0.2) is 13.2 Å². The minimum absolute atomic E-state index is 0.138. The van der Waals surface area contributed by atoms with Gasteiger partial charge in [0.15, 0.2) is 0 Å². The third kappa shape index (κ3) is 2.18. The maximum Gasteiger partial charge on any atom is 0.267 e. The van der Waals surface area contributed by atoms with E-state index in [0.717, 1.165) is 0 Å². The Kier molecular flexibility index (Phi) is 2.92. The summed E-state index contributed by atoms with van der Waals surface area (Å²) in [5.74, 6) is -0.462. The van der Waals surface area contributed by atoms with Crippen LogP contribution < -0.4 is 0 Å². The zero-order chi connectivity index (χ0) is 12.6. The van der Waals surface area contributed by atoms with Crippen LogP contribution in [-0.2, 0) is 7.05 Å². The molecule has 0 saturated heterocycles. The van der Waals surface area contributed by atoms with Gasteiger partial charge in [0.05, 0.1) is 5.56 Å². The van der Waals surface area contributed by atoms with Crippen molar-refractivity contribution in [3.8, 4) is 11.3 Å². The highest BCUT2D eigenvalue weighted by atomic mass is 19.3. The zero-order valence-electron chi connectivity index (χ0n) is 9.42. The first-order valence-corrected chi connectivity index (χ1v) is 5.07. The van der Waals surface area contributed by atoms with Crippen LogP contribution in [0, 0.1) is 12.7 Å². The van der Waals surface area contributed by atoms with Crippen molar-refractivity contribution >= 4 is 0 Å². The van der Waals surface area contributed by atoms with Crippen LogP contribution in [0.5, 0.6) is 0 Å². The summed E-state index contributed by atoms with van der Waals surface area (Å²) >= 11 is 0. The first-order valence-electron chi connectivity index (χ1n) is 5.07. The molecule has 0 atom stereocenters.